The molecule has 5 nitrogen and oxygen atoms in total. The smallest absolute Gasteiger partial charge is 0.410 e. The van der Waals surface area contributed by atoms with Gasteiger partial charge in [-0.15, -0.1) is 0 Å². The molecule has 1 aromatic carbocycles. The zero-order valence-electron chi connectivity index (χ0n) is 14.9. The maximum atomic E-state index is 12.9. The zero-order chi connectivity index (χ0) is 18.3. The highest BCUT2D eigenvalue weighted by Crippen LogP contribution is 2.13. The van der Waals surface area contributed by atoms with Crippen molar-refractivity contribution in [1.29, 1.82) is 0 Å². The number of nitrogens with one attached hydrogen (secondary N) is 1. The molecule has 24 heavy (non-hydrogen) atoms. The van der Waals surface area contributed by atoms with Gasteiger partial charge in [0.15, 0.2) is 0 Å². The van der Waals surface area contributed by atoms with Gasteiger partial charge in [-0.2, -0.15) is 0 Å². The fourth-order valence-electron chi connectivity index (χ4n) is 1.82. The molecule has 0 fully saturated rings. The number of hydrogen-bond donors (Lipinski definition) is 1. The minimum absolute atomic E-state index is 0.269. The summed E-state index contributed by atoms with van der Waals surface area (Å²) in [7, 11) is 1.61. The van der Waals surface area contributed by atoms with Crippen molar-refractivity contribution in [3.8, 4) is 0 Å². The second kappa shape index (κ2) is 8.47. The molecule has 0 heterocycles. The average molecular weight is 336 g/mol. The average Bonchev–Trinajstić information content (AvgIpc) is 2.45. The predicted molar refractivity (Wildman–Crippen MR) is 91.9 cm³/mol. The first kappa shape index (κ1) is 19.7. The van der Waals surface area contributed by atoms with Crippen LogP contribution in [0.1, 0.15) is 33.3 Å². The zero-order valence-corrected chi connectivity index (χ0v) is 14.9. The maximum absolute atomic E-state index is 12.9. The SMILES string of the molecule is CC(=CC(=O)NCCN(C)C(=O)OC(C)(C)C)c1ccc(F)cc1. The van der Waals surface area contributed by atoms with Crippen LogP contribution in [0.15, 0.2) is 30.3 Å². The first-order chi connectivity index (χ1) is 11.1. The summed E-state index contributed by atoms with van der Waals surface area (Å²) in [5.74, 6) is -0.587. The van der Waals surface area contributed by atoms with Crippen LogP contribution in [0.4, 0.5) is 9.18 Å². The molecule has 0 radical (unpaired) electrons. The molecule has 0 aliphatic heterocycles. The maximum Gasteiger partial charge on any atom is 0.410 e. The highest BCUT2D eigenvalue weighted by molar-refractivity contribution is 5.94. The molecular weight excluding hydrogens is 311 g/mol. The molecular formula is C18H25FN2O3. The third-order valence-corrected chi connectivity index (χ3v) is 3.10. The third-order valence-electron chi connectivity index (χ3n) is 3.10. The van der Waals surface area contributed by atoms with Gasteiger partial charge < -0.3 is 15.0 Å². The van der Waals surface area contributed by atoms with Crippen LogP contribution in [-0.4, -0.2) is 42.6 Å². The van der Waals surface area contributed by atoms with E-state index >= 15 is 0 Å². The molecule has 0 aromatic heterocycles. The lowest BCUT2D eigenvalue weighted by Crippen LogP contribution is -2.38. The fraction of sp³-hybridized carbons (Fsp3) is 0.444. The van der Waals surface area contributed by atoms with E-state index in [4.69, 9.17) is 4.74 Å². The largest absolute Gasteiger partial charge is 0.444 e. The number of likely N-dealkylation sites (N-methyl/N-ethyl adjacent to an activating group) is 1. The summed E-state index contributed by atoms with van der Waals surface area (Å²) >= 11 is 0. The number of benzene rings is 1. The van der Waals surface area contributed by atoms with Crippen molar-refractivity contribution in [3.63, 3.8) is 0 Å². The Hall–Kier alpha value is -2.37. The molecule has 6 heteroatoms. The molecule has 2 amide bonds. The number of hydrogen-bond acceptors (Lipinski definition) is 3. The van der Waals surface area contributed by atoms with E-state index in [1.54, 1.807) is 46.9 Å². The molecule has 0 spiro atoms. The molecule has 0 atom stereocenters. The van der Waals surface area contributed by atoms with Gasteiger partial charge in [0.1, 0.15) is 11.4 Å². The lowest BCUT2D eigenvalue weighted by atomic mass is 10.1. The van der Waals surface area contributed by atoms with Crippen LogP contribution < -0.4 is 5.32 Å². The van der Waals surface area contributed by atoms with E-state index in [2.05, 4.69) is 5.32 Å². The van der Waals surface area contributed by atoms with Crippen LogP contribution in [0.5, 0.6) is 0 Å². The van der Waals surface area contributed by atoms with E-state index in [9.17, 15) is 14.0 Å². The Balaban J connectivity index is 2.44. The van der Waals surface area contributed by atoms with Crippen molar-refractivity contribution in [2.24, 2.45) is 0 Å². The Bertz CT molecular complexity index is 604. The Morgan fingerprint density at radius 2 is 1.83 bits per heavy atom. The third kappa shape index (κ3) is 7.26. The van der Waals surface area contributed by atoms with Crippen molar-refractivity contribution < 1.29 is 18.7 Å². The van der Waals surface area contributed by atoms with E-state index in [0.717, 1.165) is 11.1 Å². The first-order valence-electron chi connectivity index (χ1n) is 7.74. The number of nitrogens with zero attached hydrogens (tertiary/aromatic N) is 1. The van der Waals surface area contributed by atoms with Gasteiger partial charge >= 0.3 is 6.09 Å². The van der Waals surface area contributed by atoms with Crippen LogP contribution in [0.3, 0.4) is 0 Å². The Kier molecular flexibility index (Phi) is 6.95. The first-order valence-corrected chi connectivity index (χ1v) is 7.74. The lowest BCUT2D eigenvalue weighted by molar-refractivity contribution is -0.116. The normalized spacial score (nSPS) is 11.8. The quantitative estimate of drug-likeness (QED) is 0.840. The monoisotopic (exact) mass is 336 g/mol. The standard InChI is InChI=1S/C18H25FN2O3/c1-13(14-6-8-15(19)9-7-14)12-16(22)20-10-11-21(5)17(23)24-18(2,3)4/h6-9,12H,10-11H2,1-5H3,(H,20,22). The summed E-state index contributed by atoms with van der Waals surface area (Å²) in [5, 5.41) is 2.70. The topological polar surface area (TPSA) is 58.6 Å². The number of carbonyl (C=O) groups is 2. The van der Waals surface area contributed by atoms with Gasteiger partial charge in [-0.25, -0.2) is 9.18 Å². The van der Waals surface area contributed by atoms with E-state index in [-0.39, 0.29) is 11.7 Å². The van der Waals surface area contributed by atoms with Crippen molar-refractivity contribution in [2.75, 3.05) is 20.1 Å². The van der Waals surface area contributed by atoms with Crippen molar-refractivity contribution in [3.05, 3.63) is 41.7 Å². The van der Waals surface area contributed by atoms with Gasteiger partial charge in [0, 0.05) is 26.2 Å². The molecule has 1 aromatic rings. The molecule has 0 aliphatic rings. The summed E-state index contributed by atoms with van der Waals surface area (Å²) in [6.45, 7) is 7.81. The molecule has 0 bridgehead atoms. The van der Waals surface area contributed by atoms with Gasteiger partial charge in [0.2, 0.25) is 5.91 Å². The van der Waals surface area contributed by atoms with E-state index < -0.39 is 11.7 Å². The minimum atomic E-state index is -0.552. The molecule has 1 rings (SSSR count). The molecule has 0 saturated carbocycles. The molecule has 0 saturated heterocycles. The van der Waals surface area contributed by atoms with Gasteiger partial charge in [-0.3, -0.25) is 4.79 Å². The molecule has 0 aliphatic carbocycles. The summed E-state index contributed by atoms with van der Waals surface area (Å²) in [4.78, 5) is 25.1. The van der Waals surface area contributed by atoms with Crippen molar-refractivity contribution >= 4 is 17.6 Å². The van der Waals surface area contributed by atoms with Gasteiger partial charge in [-0.1, -0.05) is 12.1 Å². The highest BCUT2D eigenvalue weighted by atomic mass is 19.1. The van der Waals surface area contributed by atoms with Crippen LogP contribution in [0.2, 0.25) is 0 Å². The van der Waals surface area contributed by atoms with Crippen molar-refractivity contribution in [1.82, 2.24) is 10.2 Å². The molecule has 0 unspecified atom stereocenters. The number of rotatable bonds is 5. The summed E-state index contributed by atoms with van der Waals surface area (Å²) < 4.78 is 18.1. The van der Waals surface area contributed by atoms with Crippen LogP contribution in [0.25, 0.3) is 5.57 Å². The Labute approximate surface area is 142 Å². The van der Waals surface area contributed by atoms with Crippen LogP contribution in [0, 0.1) is 5.82 Å². The fourth-order valence-corrected chi connectivity index (χ4v) is 1.82. The van der Waals surface area contributed by atoms with Crippen molar-refractivity contribution in [2.45, 2.75) is 33.3 Å². The van der Waals surface area contributed by atoms with Gasteiger partial charge in [0.05, 0.1) is 0 Å². The Morgan fingerprint density at radius 3 is 2.38 bits per heavy atom. The number of allylic oxidation sites excluding steroid dienone is 1. The van der Waals surface area contributed by atoms with Gasteiger partial charge in [0.25, 0.3) is 0 Å². The highest BCUT2D eigenvalue weighted by Gasteiger charge is 2.19. The summed E-state index contributed by atoms with van der Waals surface area (Å²) in [5.41, 5.74) is 0.953. The van der Waals surface area contributed by atoms with E-state index in [1.807, 2.05) is 0 Å². The lowest BCUT2D eigenvalue weighted by Gasteiger charge is -2.24. The molecule has 1 N–H and O–H groups in total. The van der Waals surface area contributed by atoms with E-state index in [0.29, 0.717) is 13.1 Å². The summed E-state index contributed by atoms with van der Waals surface area (Å²) in [6, 6.07) is 5.93. The molecule has 132 valence electrons. The van der Waals surface area contributed by atoms with Gasteiger partial charge in [-0.05, 0) is 51.0 Å². The van der Waals surface area contributed by atoms with Crippen LogP contribution >= 0.6 is 0 Å². The Morgan fingerprint density at radius 1 is 1.25 bits per heavy atom. The number of ether oxygens (including phenoxy) is 1. The number of halogens is 1. The predicted octanol–water partition coefficient (Wildman–Crippen LogP) is 3.21. The number of amides is 2. The minimum Gasteiger partial charge on any atom is -0.444 e. The van der Waals surface area contributed by atoms with Crippen LogP contribution in [-0.2, 0) is 9.53 Å². The second-order valence-corrected chi connectivity index (χ2v) is 6.53. The summed E-state index contributed by atoms with van der Waals surface area (Å²) in [6.07, 6.45) is 1.01. The van der Waals surface area contributed by atoms with E-state index in [1.165, 1.54) is 23.1 Å². The second-order valence-electron chi connectivity index (χ2n) is 6.53. The number of carbonyl (C=O) groups excluding carboxylic acids is 2.